The molecule has 2 aromatic rings. The molecule has 0 amide bonds. The molecule has 3 nitrogen and oxygen atoms in total. The third-order valence-corrected chi connectivity index (χ3v) is 2.52. The molecule has 0 radical (unpaired) electrons. The van der Waals surface area contributed by atoms with Gasteiger partial charge in [-0.25, -0.2) is 0 Å². The standard InChI is InChI=1S/C14H17N3/c1-11-3-7-13(8-4-11)15-17-16-14-9-5-12(2)6-10-14/h3-10,15-17H,1-2H3. The Bertz CT molecular complexity index is 414. The maximum absolute atomic E-state index is 3.07. The van der Waals surface area contributed by atoms with E-state index in [4.69, 9.17) is 0 Å². The predicted molar refractivity (Wildman–Crippen MR) is 72.7 cm³/mol. The summed E-state index contributed by atoms with van der Waals surface area (Å²) in [6, 6.07) is 16.4. The van der Waals surface area contributed by atoms with Crippen LogP contribution in [0.4, 0.5) is 11.4 Å². The molecule has 0 fully saturated rings. The average Bonchev–Trinajstić information content (AvgIpc) is 2.34. The van der Waals surface area contributed by atoms with Gasteiger partial charge in [0.2, 0.25) is 0 Å². The molecule has 0 saturated carbocycles. The fourth-order valence-electron chi connectivity index (χ4n) is 1.45. The molecule has 0 aliphatic carbocycles. The molecule has 0 spiro atoms. The maximum atomic E-state index is 3.07. The Morgan fingerprint density at radius 1 is 0.588 bits per heavy atom. The smallest absolute Gasteiger partial charge is 0.0505 e. The summed E-state index contributed by atoms with van der Waals surface area (Å²) in [6.45, 7) is 4.14. The lowest BCUT2D eigenvalue weighted by Crippen LogP contribution is -2.27. The average molecular weight is 227 g/mol. The van der Waals surface area contributed by atoms with Crippen LogP contribution >= 0.6 is 0 Å². The molecule has 17 heavy (non-hydrogen) atoms. The molecule has 0 unspecified atom stereocenters. The first kappa shape index (κ1) is 11.5. The lowest BCUT2D eigenvalue weighted by molar-refractivity contribution is 0.953. The fraction of sp³-hybridized carbons (Fsp3) is 0.143. The predicted octanol–water partition coefficient (Wildman–Crippen LogP) is 3.25. The summed E-state index contributed by atoms with van der Waals surface area (Å²) in [6.07, 6.45) is 0. The summed E-state index contributed by atoms with van der Waals surface area (Å²) in [5.41, 5.74) is 13.7. The number of nitrogens with one attached hydrogen (secondary N) is 3. The van der Waals surface area contributed by atoms with Crippen LogP contribution < -0.4 is 16.4 Å². The zero-order valence-electron chi connectivity index (χ0n) is 10.1. The Labute approximate surface area is 102 Å². The third-order valence-electron chi connectivity index (χ3n) is 2.52. The summed E-state index contributed by atoms with van der Waals surface area (Å²) in [5.74, 6) is 0. The van der Waals surface area contributed by atoms with Crippen molar-refractivity contribution in [1.29, 1.82) is 0 Å². The van der Waals surface area contributed by atoms with Crippen LogP contribution in [0.1, 0.15) is 11.1 Å². The van der Waals surface area contributed by atoms with Crippen molar-refractivity contribution < 1.29 is 0 Å². The molecule has 3 heteroatoms. The highest BCUT2D eigenvalue weighted by atomic mass is 15.6. The van der Waals surface area contributed by atoms with E-state index in [9.17, 15) is 0 Å². The van der Waals surface area contributed by atoms with Gasteiger partial charge >= 0.3 is 0 Å². The molecule has 0 atom stereocenters. The van der Waals surface area contributed by atoms with Crippen molar-refractivity contribution in [2.45, 2.75) is 13.8 Å². The molecule has 3 N–H and O–H groups in total. The van der Waals surface area contributed by atoms with Gasteiger partial charge in [0.05, 0.1) is 11.4 Å². The van der Waals surface area contributed by atoms with E-state index in [1.807, 2.05) is 24.3 Å². The van der Waals surface area contributed by atoms with Crippen molar-refractivity contribution in [1.82, 2.24) is 5.53 Å². The van der Waals surface area contributed by atoms with Crippen LogP contribution in [0, 0.1) is 13.8 Å². The van der Waals surface area contributed by atoms with E-state index < -0.39 is 0 Å². The highest BCUT2D eigenvalue weighted by Gasteiger charge is 1.91. The minimum Gasteiger partial charge on any atom is -0.304 e. The van der Waals surface area contributed by atoms with E-state index in [2.05, 4.69) is 54.5 Å². The summed E-state index contributed by atoms with van der Waals surface area (Å²) in [5, 5.41) is 0. The van der Waals surface area contributed by atoms with Crippen LogP contribution in [-0.2, 0) is 0 Å². The number of hydrogen-bond donors (Lipinski definition) is 3. The molecule has 2 rings (SSSR count). The minimum absolute atomic E-state index is 1.02. The molecule has 0 aliphatic heterocycles. The minimum atomic E-state index is 1.02. The van der Waals surface area contributed by atoms with Crippen molar-refractivity contribution in [3.63, 3.8) is 0 Å². The Morgan fingerprint density at radius 2 is 0.941 bits per heavy atom. The molecular weight excluding hydrogens is 210 g/mol. The quantitative estimate of drug-likeness (QED) is 0.702. The molecular formula is C14H17N3. The van der Waals surface area contributed by atoms with Crippen LogP contribution in [0.15, 0.2) is 48.5 Å². The Balaban J connectivity index is 1.83. The highest BCUT2D eigenvalue weighted by Crippen LogP contribution is 2.09. The summed E-state index contributed by atoms with van der Waals surface area (Å²) in [7, 11) is 0. The maximum Gasteiger partial charge on any atom is 0.0505 e. The Kier molecular flexibility index (Phi) is 3.62. The largest absolute Gasteiger partial charge is 0.304 e. The summed E-state index contributed by atoms with van der Waals surface area (Å²) < 4.78 is 0. The topological polar surface area (TPSA) is 36.1 Å². The highest BCUT2D eigenvalue weighted by molar-refractivity contribution is 5.46. The van der Waals surface area contributed by atoms with Gasteiger partial charge < -0.3 is 10.9 Å². The molecule has 88 valence electrons. The monoisotopic (exact) mass is 227 g/mol. The van der Waals surface area contributed by atoms with E-state index in [0.717, 1.165) is 11.4 Å². The van der Waals surface area contributed by atoms with Gasteiger partial charge in [-0.1, -0.05) is 35.4 Å². The Morgan fingerprint density at radius 3 is 1.29 bits per heavy atom. The van der Waals surface area contributed by atoms with Crippen molar-refractivity contribution in [3.05, 3.63) is 59.7 Å². The number of hydrazine groups is 2. The van der Waals surface area contributed by atoms with Crippen LogP contribution in [0.2, 0.25) is 0 Å². The van der Waals surface area contributed by atoms with Gasteiger partial charge in [0, 0.05) is 0 Å². The van der Waals surface area contributed by atoms with Crippen LogP contribution in [0.3, 0.4) is 0 Å². The van der Waals surface area contributed by atoms with Gasteiger partial charge in [0.25, 0.3) is 0 Å². The van der Waals surface area contributed by atoms with Crippen molar-refractivity contribution in [2.75, 3.05) is 10.9 Å². The Hall–Kier alpha value is -2.00. The molecule has 0 aromatic heterocycles. The first-order valence-electron chi connectivity index (χ1n) is 5.64. The molecule has 0 saturated heterocycles. The number of benzene rings is 2. The zero-order chi connectivity index (χ0) is 12.1. The van der Waals surface area contributed by atoms with Gasteiger partial charge in [-0.2, -0.15) is 5.53 Å². The second-order valence-corrected chi connectivity index (χ2v) is 4.11. The van der Waals surface area contributed by atoms with Crippen LogP contribution in [0.5, 0.6) is 0 Å². The number of rotatable bonds is 4. The zero-order valence-corrected chi connectivity index (χ0v) is 10.1. The molecule has 0 bridgehead atoms. The number of hydrogen-bond acceptors (Lipinski definition) is 3. The lowest BCUT2D eigenvalue weighted by atomic mass is 10.2. The van der Waals surface area contributed by atoms with Gasteiger partial charge in [-0.3, -0.25) is 0 Å². The first-order chi connectivity index (χ1) is 8.24. The first-order valence-corrected chi connectivity index (χ1v) is 5.64. The van der Waals surface area contributed by atoms with E-state index in [1.54, 1.807) is 0 Å². The van der Waals surface area contributed by atoms with Crippen LogP contribution in [-0.4, -0.2) is 0 Å². The third kappa shape index (κ3) is 3.50. The van der Waals surface area contributed by atoms with Crippen molar-refractivity contribution in [2.24, 2.45) is 0 Å². The van der Waals surface area contributed by atoms with Gasteiger partial charge in [0.1, 0.15) is 0 Å². The van der Waals surface area contributed by atoms with Gasteiger partial charge in [-0.15, -0.1) is 0 Å². The van der Waals surface area contributed by atoms with E-state index in [0.29, 0.717) is 0 Å². The molecule has 2 aromatic carbocycles. The van der Waals surface area contributed by atoms with E-state index in [1.165, 1.54) is 11.1 Å². The SMILES string of the molecule is Cc1ccc(NNNc2ccc(C)cc2)cc1. The van der Waals surface area contributed by atoms with E-state index >= 15 is 0 Å². The number of anilines is 2. The van der Waals surface area contributed by atoms with E-state index in [-0.39, 0.29) is 0 Å². The number of aryl methyl sites for hydroxylation is 2. The van der Waals surface area contributed by atoms with Crippen molar-refractivity contribution in [3.8, 4) is 0 Å². The second kappa shape index (κ2) is 5.37. The van der Waals surface area contributed by atoms with Crippen molar-refractivity contribution >= 4 is 11.4 Å². The molecule has 0 aliphatic rings. The fourth-order valence-corrected chi connectivity index (χ4v) is 1.45. The van der Waals surface area contributed by atoms with Gasteiger partial charge in [-0.05, 0) is 38.1 Å². The second-order valence-electron chi connectivity index (χ2n) is 4.11. The summed E-state index contributed by atoms with van der Waals surface area (Å²) in [4.78, 5) is 0. The summed E-state index contributed by atoms with van der Waals surface area (Å²) >= 11 is 0. The van der Waals surface area contributed by atoms with Gasteiger partial charge in [0.15, 0.2) is 0 Å². The lowest BCUT2D eigenvalue weighted by Gasteiger charge is -2.11. The normalized spacial score (nSPS) is 10.0. The van der Waals surface area contributed by atoms with Crippen LogP contribution in [0.25, 0.3) is 0 Å². The molecule has 0 heterocycles.